The summed E-state index contributed by atoms with van der Waals surface area (Å²) >= 11 is 0. The number of rotatable bonds is 5. The number of sulfonamides is 1. The molecule has 8 nitrogen and oxygen atoms in total. The SMILES string of the molecule is CCN(CC)S(=O)(=O)c1ccc2c(c1)-c1c(nc(NC(=O)C(C)(C)C)[nH]c1=O)CC2. The molecule has 3 rings (SSSR count). The molecule has 0 aliphatic heterocycles. The molecule has 2 aromatic rings. The number of H-pyrrole nitrogens is 1. The quantitative estimate of drug-likeness (QED) is 0.754. The fourth-order valence-electron chi connectivity index (χ4n) is 3.47. The van der Waals surface area contributed by atoms with Gasteiger partial charge in [-0.1, -0.05) is 40.7 Å². The number of carbonyl (C=O) groups is 1. The normalized spacial score (nSPS) is 13.7. The summed E-state index contributed by atoms with van der Waals surface area (Å²) in [5.41, 5.74) is 1.36. The van der Waals surface area contributed by atoms with E-state index in [2.05, 4.69) is 15.3 Å². The van der Waals surface area contributed by atoms with Crippen molar-refractivity contribution in [3.8, 4) is 11.1 Å². The smallest absolute Gasteiger partial charge is 0.260 e. The monoisotopic (exact) mass is 432 g/mol. The maximum Gasteiger partial charge on any atom is 0.260 e. The van der Waals surface area contributed by atoms with E-state index in [1.807, 2.05) is 0 Å². The van der Waals surface area contributed by atoms with Crippen molar-refractivity contribution in [2.24, 2.45) is 5.41 Å². The Bertz CT molecular complexity index is 1140. The highest BCUT2D eigenvalue weighted by Crippen LogP contribution is 2.33. The van der Waals surface area contributed by atoms with Crippen molar-refractivity contribution in [2.45, 2.75) is 52.4 Å². The van der Waals surface area contributed by atoms with Crippen molar-refractivity contribution >= 4 is 21.9 Å². The molecule has 0 bridgehead atoms. The van der Waals surface area contributed by atoms with Gasteiger partial charge in [-0.15, -0.1) is 0 Å². The second-order valence-electron chi connectivity index (χ2n) is 8.35. The Hall–Kier alpha value is -2.52. The van der Waals surface area contributed by atoms with Crippen molar-refractivity contribution in [3.63, 3.8) is 0 Å². The van der Waals surface area contributed by atoms with Crippen molar-refractivity contribution in [1.82, 2.24) is 14.3 Å². The molecule has 30 heavy (non-hydrogen) atoms. The number of anilines is 1. The first-order valence-electron chi connectivity index (χ1n) is 10.1. The third-order valence-electron chi connectivity index (χ3n) is 5.23. The number of carbonyl (C=O) groups excluding carboxylic acids is 1. The van der Waals surface area contributed by atoms with Crippen LogP contribution in [0.5, 0.6) is 0 Å². The number of aromatic amines is 1. The minimum Gasteiger partial charge on any atom is -0.296 e. The van der Waals surface area contributed by atoms with Gasteiger partial charge in [0, 0.05) is 18.5 Å². The molecule has 1 amide bonds. The van der Waals surface area contributed by atoms with E-state index in [1.54, 1.807) is 52.8 Å². The van der Waals surface area contributed by atoms with Crippen LogP contribution in [0.4, 0.5) is 5.95 Å². The van der Waals surface area contributed by atoms with Crippen LogP contribution in [0.3, 0.4) is 0 Å². The highest BCUT2D eigenvalue weighted by Gasteiger charge is 2.28. The predicted octanol–water partition coefficient (Wildman–Crippen LogP) is 2.55. The van der Waals surface area contributed by atoms with Gasteiger partial charge in [0.1, 0.15) is 0 Å². The fraction of sp³-hybridized carbons (Fsp3) is 0.476. The van der Waals surface area contributed by atoms with E-state index < -0.39 is 21.0 Å². The van der Waals surface area contributed by atoms with E-state index >= 15 is 0 Å². The number of hydrogen-bond donors (Lipinski definition) is 2. The van der Waals surface area contributed by atoms with E-state index in [0.29, 0.717) is 42.8 Å². The average Bonchev–Trinajstić information content (AvgIpc) is 2.67. The first kappa shape index (κ1) is 22.2. The van der Waals surface area contributed by atoms with E-state index in [0.717, 1.165) is 5.56 Å². The summed E-state index contributed by atoms with van der Waals surface area (Å²) in [7, 11) is -3.65. The fourth-order valence-corrected chi connectivity index (χ4v) is 4.95. The van der Waals surface area contributed by atoms with Crippen LogP contribution in [0.25, 0.3) is 11.1 Å². The highest BCUT2D eigenvalue weighted by molar-refractivity contribution is 7.89. The van der Waals surface area contributed by atoms with Crippen LogP contribution < -0.4 is 10.9 Å². The largest absolute Gasteiger partial charge is 0.296 e. The summed E-state index contributed by atoms with van der Waals surface area (Å²) in [5, 5.41) is 2.65. The number of benzene rings is 1. The second-order valence-corrected chi connectivity index (χ2v) is 10.3. The Balaban J connectivity index is 2.07. The van der Waals surface area contributed by atoms with Gasteiger partial charge in [0.15, 0.2) is 0 Å². The molecule has 2 N–H and O–H groups in total. The highest BCUT2D eigenvalue weighted by atomic mass is 32.2. The van der Waals surface area contributed by atoms with Gasteiger partial charge >= 0.3 is 0 Å². The summed E-state index contributed by atoms with van der Waals surface area (Å²) in [4.78, 5) is 32.3. The van der Waals surface area contributed by atoms with Crippen LogP contribution in [0.2, 0.25) is 0 Å². The number of nitrogens with one attached hydrogen (secondary N) is 2. The topological polar surface area (TPSA) is 112 Å². The molecular weight excluding hydrogens is 404 g/mol. The summed E-state index contributed by atoms with van der Waals surface area (Å²) < 4.78 is 27.2. The molecule has 0 radical (unpaired) electrons. The Morgan fingerprint density at radius 1 is 1.20 bits per heavy atom. The molecule has 1 aliphatic carbocycles. The molecule has 9 heteroatoms. The lowest BCUT2D eigenvalue weighted by Gasteiger charge is -2.23. The van der Waals surface area contributed by atoms with Crippen LogP contribution in [0.15, 0.2) is 27.9 Å². The lowest BCUT2D eigenvalue weighted by Crippen LogP contribution is -2.31. The maximum absolute atomic E-state index is 12.9. The van der Waals surface area contributed by atoms with Crippen LogP contribution in [0, 0.1) is 5.41 Å². The Morgan fingerprint density at radius 3 is 2.47 bits per heavy atom. The zero-order chi connectivity index (χ0) is 22.3. The first-order valence-corrected chi connectivity index (χ1v) is 11.5. The lowest BCUT2D eigenvalue weighted by atomic mass is 9.89. The number of aromatic nitrogens is 2. The molecule has 0 spiro atoms. The summed E-state index contributed by atoms with van der Waals surface area (Å²) in [6.45, 7) is 9.62. The minimum atomic E-state index is -3.65. The summed E-state index contributed by atoms with van der Waals surface area (Å²) in [6, 6.07) is 4.92. The van der Waals surface area contributed by atoms with Crippen molar-refractivity contribution in [3.05, 3.63) is 39.8 Å². The molecule has 1 aliphatic rings. The molecule has 0 atom stereocenters. The number of aryl methyl sites for hydroxylation is 2. The number of nitrogens with zero attached hydrogens (tertiary/aromatic N) is 2. The van der Waals surface area contributed by atoms with Crippen molar-refractivity contribution in [1.29, 1.82) is 0 Å². The third kappa shape index (κ3) is 4.04. The lowest BCUT2D eigenvalue weighted by molar-refractivity contribution is -0.123. The van der Waals surface area contributed by atoms with Gasteiger partial charge in [-0.25, -0.2) is 13.4 Å². The Morgan fingerprint density at radius 2 is 1.87 bits per heavy atom. The van der Waals surface area contributed by atoms with Crippen LogP contribution in [0.1, 0.15) is 45.9 Å². The second kappa shape index (κ2) is 7.96. The van der Waals surface area contributed by atoms with Gasteiger partial charge in [-0.3, -0.25) is 19.9 Å². The first-order chi connectivity index (χ1) is 14.0. The predicted molar refractivity (Wildman–Crippen MR) is 116 cm³/mol. The van der Waals surface area contributed by atoms with E-state index in [9.17, 15) is 18.0 Å². The van der Waals surface area contributed by atoms with Gasteiger partial charge in [-0.2, -0.15) is 4.31 Å². The van der Waals surface area contributed by atoms with Crippen LogP contribution in [-0.4, -0.2) is 41.7 Å². The van der Waals surface area contributed by atoms with E-state index in [1.165, 1.54) is 4.31 Å². The third-order valence-corrected chi connectivity index (χ3v) is 7.28. The van der Waals surface area contributed by atoms with Crippen LogP contribution in [-0.2, 0) is 27.7 Å². The molecule has 0 saturated carbocycles. The maximum atomic E-state index is 12.9. The number of amides is 1. The molecule has 162 valence electrons. The van der Waals surface area contributed by atoms with Gasteiger partial charge in [0.05, 0.1) is 16.2 Å². The molecule has 0 unspecified atom stereocenters. The standard InChI is InChI=1S/C21H28N4O4S/c1-6-25(7-2)30(28,29)14-10-8-13-9-11-16-17(15(13)12-14)18(26)23-20(22-16)24-19(27)21(3,4)5/h8,10,12H,6-7,9,11H2,1-5H3,(H2,22,23,24,26,27). The molecule has 0 saturated heterocycles. The van der Waals surface area contributed by atoms with Crippen molar-refractivity contribution in [2.75, 3.05) is 18.4 Å². The number of fused-ring (bicyclic) bond motifs is 3. The average molecular weight is 433 g/mol. The molecule has 0 fully saturated rings. The molecule has 1 heterocycles. The van der Waals surface area contributed by atoms with Gasteiger partial charge in [-0.05, 0) is 36.1 Å². The zero-order valence-electron chi connectivity index (χ0n) is 18.0. The van der Waals surface area contributed by atoms with Crippen LogP contribution >= 0.6 is 0 Å². The van der Waals surface area contributed by atoms with Gasteiger partial charge < -0.3 is 0 Å². The zero-order valence-corrected chi connectivity index (χ0v) is 18.8. The van der Waals surface area contributed by atoms with Crippen molar-refractivity contribution < 1.29 is 13.2 Å². The van der Waals surface area contributed by atoms with Gasteiger partial charge in [0.2, 0.25) is 21.9 Å². The minimum absolute atomic E-state index is 0.106. The summed E-state index contributed by atoms with van der Waals surface area (Å²) in [5.74, 6) is -0.150. The Kier molecular flexibility index (Phi) is 5.88. The number of hydrogen-bond acceptors (Lipinski definition) is 5. The molecule has 1 aromatic carbocycles. The van der Waals surface area contributed by atoms with Gasteiger partial charge in [0.25, 0.3) is 5.56 Å². The molecule has 1 aromatic heterocycles. The van der Waals surface area contributed by atoms with E-state index in [4.69, 9.17) is 0 Å². The van der Waals surface area contributed by atoms with E-state index in [-0.39, 0.29) is 16.8 Å². The summed E-state index contributed by atoms with van der Waals surface area (Å²) in [6.07, 6.45) is 1.17. The Labute approximate surface area is 176 Å². The molecular formula is C21H28N4O4S.